The smallest absolute Gasteiger partial charge is 0.350 e. The fourth-order valence-electron chi connectivity index (χ4n) is 4.79. The number of nitrogens with zero attached hydrogens (tertiary/aromatic N) is 3. The van der Waals surface area contributed by atoms with E-state index >= 15 is 0 Å². The van der Waals surface area contributed by atoms with Crippen molar-refractivity contribution in [2.45, 2.75) is 32.2 Å². The number of nitro groups is 1. The lowest BCUT2D eigenvalue weighted by atomic mass is 10.1. The molecule has 0 spiro atoms. The molecule has 1 N–H and O–H groups in total. The van der Waals surface area contributed by atoms with Crippen LogP contribution < -0.4 is 15.1 Å². The van der Waals surface area contributed by atoms with Gasteiger partial charge < -0.3 is 19.7 Å². The van der Waals surface area contributed by atoms with Crippen molar-refractivity contribution in [1.29, 1.82) is 0 Å². The molecule has 12 nitrogen and oxygen atoms in total. The van der Waals surface area contributed by atoms with Crippen LogP contribution in [0, 0.1) is 17.0 Å². The molecule has 0 aliphatic carbocycles. The number of para-hydroxylation sites is 1. The number of carbonyl (C=O) groups is 3. The minimum Gasteiger partial charge on any atom is -0.485 e. The summed E-state index contributed by atoms with van der Waals surface area (Å²) in [4.78, 5) is 55.7. The summed E-state index contributed by atoms with van der Waals surface area (Å²) in [6.45, 7) is 2.51. The molecule has 4 rings (SSSR count). The van der Waals surface area contributed by atoms with Crippen molar-refractivity contribution in [2.24, 2.45) is 0 Å². The SMILES string of the molecule is COC(=O)c1ccc(OCC2CCCN2C(=O)Cc2ccc(NC(=O)N(OC)c3ccccc3C)cc2)c([N+](=O)[O-])c1. The molecule has 0 saturated carbocycles. The monoisotopic (exact) mass is 576 g/mol. The van der Waals surface area contributed by atoms with Crippen LogP contribution in [-0.4, -0.2) is 61.1 Å². The topological polar surface area (TPSA) is 141 Å². The fourth-order valence-corrected chi connectivity index (χ4v) is 4.79. The van der Waals surface area contributed by atoms with Crippen molar-refractivity contribution in [3.63, 3.8) is 0 Å². The molecule has 0 bridgehead atoms. The van der Waals surface area contributed by atoms with Crippen LogP contribution in [0.1, 0.15) is 34.3 Å². The molecule has 1 aliphatic rings. The highest BCUT2D eigenvalue weighted by atomic mass is 16.7. The summed E-state index contributed by atoms with van der Waals surface area (Å²) in [7, 11) is 2.61. The van der Waals surface area contributed by atoms with Crippen molar-refractivity contribution in [1.82, 2.24) is 4.90 Å². The quantitative estimate of drug-likeness (QED) is 0.204. The lowest BCUT2D eigenvalue weighted by Gasteiger charge is -2.25. The Kier molecular flexibility index (Phi) is 9.71. The van der Waals surface area contributed by atoms with Gasteiger partial charge in [-0.15, -0.1) is 0 Å². The minimum absolute atomic E-state index is 0.0130. The average Bonchev–Trinajstić information content (AvgIpc) is 3.47. The number of hydrogen-bond donors (Lipinski definition) is 1. The maximum absolute atomic E-state index is 13.2. The van der Waals surface area contributed by atoms with Crippen molar-refractivity contribution in [3.05, 3.63) is 93.5 Å². The lowest BCUT2D eigenvalue weighted by molar-refractivity contribution is -0.385. The van der Waals surface area contributed by atoms with E-state index in [-0.39, 0.29) is 42.0 Å². The summed E-state index contributed by atoms with van der Waals surface area (Å²) in [5.74, 6) is -0.774. The summed E-state index contributed by atoms with van der Waals surface area (Å²) in [5, 5.41) is 15.5. The van der Waals surface area contributed by atoms with E-state index in [0.717, 1.165) is 23.6 Å². The Bertz CT molecular complexity index is 1460. The molecular formula is C30H32N4O8. The molecule has 0 radical (unpaired) electrons. The van der Waals surface area contributed by atoms with Crippen LogP contribution in [0.15, 0.2) is 66.7 Å². The van der Waals surface area contributed by atoms with E-state index < -0.39 is 16.9 Å². The van der Waals surface area contributed by atoms with Gasteiger partial charge in [-0.2, -0.15) is 5.06 Å². The Balaban J connectivity index is 1.35. The van der Waals surface area contributed by atoms with Crippen molar-refractivity contribution < 1.29 is 33.6 Å². The largest absolute Gasteiger partial charge is 0.485 e. The Morgan fingerprint density at radius 3 is 2.48 bits per heavy atom. The second kappa shape index (κ2) is 13.6. The number of nitro benzene ring substituents is 1. The molecule has 1 saturated heterocycles. The summed E-state index contributed by atoms with van der Waals surface area (Å²) in [5.41, 5.74) is 2.50. The Morgan fingerprint density at radius 1 is 1.07 bits per heavy atom. The van der Waals surface area contributed by atoms with E-state index in [1.54, 1.807) is 35.2 Å². The molecule has 3 amide bonds. The molecule has 1 fully saturated rings. The molecule has 0 aromatic heterocycles. The normalized spacial score (nSPS) is 14.3. The number of anilines is 2. The molecule has 3 aromatic carbocycles. The van der Waals surface area contributed by atoms with Gasteiger partial charge >= 0.3 is 17.7 Å². The third-order valence-corrected chi connectivity index (χ3v) is 6.97. The third kappa shape index (κ3) is 7.02. The van der Waals surface area contributed by atoms with E-state index in [0.29, 0.717) is 24.3 Å². The van der Waals surface area contributed by atoms with Crippen LogP contribution in [0.25, 0.3) is 0 Å². The van der Waals surface area contributed by atoms with Crippen LogP contribution >= 0.6 is 0 Å². The molecule has 1 atom stereocenters. The zero-order valence-electron chi connectivity index (χ0n) is 23.6. The average molecular weight is 577 g/mol. The first-order valence-corrected chi connectivity index (χ1v) is 13.3. The lowest BCUT2D eigenvalue weighted by Crippen LogP contribution is -2.40. The number of hydroxylamine groups is 1. The van der Waals surface area contributed by atoms with Gasteiger partial charge in [0.1, 0.15) is 6.61 Å². The van der Waals surface area contributed by atoms with Gasteiger partial charge in [0.25, 0.3) is 0 Å². The number of amides is 3. The predicted octanol–water partition coefficient (Wildman–Crippen LogP) is 4.90. The first-order valence-electron chi connectivity index (χ1n) is 13.3. The van der Waals surface area contributed by atoms with E-state index in [1.165, 1.54) is 31.4 Å². The summed E-state index contributed by atoms with van der Waals surface area (Å²) < 4.78 is 10.4. The van der Waals surface area contributed by atoms with Gasteiger partial charge in [0.15, 0.2) is 5.75 Å². The number of ether oxygens (including phenoxy) is 2. The van der Waals surface area contributed by atoms with Gasteiger partial charge in [0.2, 0.25) is 5.91 Å². The highest BCUT2D eigenvalue weighted by molar-refractivity contribution is 6.00. The van der Waals surface area contributed by atoms with E-state index in [4.69, 9.17) is 9.57 Å². The number of benzene rings is 3. The summed E-state index contributed by atoms with van der Waals surface area (Å²) >= 11 is 0. The van der Waals surface area contributed by atoms with Crippen LogP contribution in [0.5, 0.6) is 5.75 Å². The molecule has 1 aliphatic heterocycles. The Hall–Kier alpha value is -4.97. The molecule has 42 heavy (non-hydrogen) atoms. The Labute approximate surface area is 242 Å². The standard InChI is InChI=1S/C30H32N4O8/c1-20-7-4-5-9-25(20)33(41-3)30(37)31-23-13-10-21(11-14-23)17-28(35)32-16-6-8-24(32)19-42-27-15-12-22(29(36)40-2)18-26(27)34(38)39/h4-5,7,9-15,18,24H,6,8,16-17,19H2,1-3H3,(H,31,37). The van der Waals surface area contributed by atoms with Gasteiger partial charge in [-0.3, -0.25) is 19.7 Å². The van der Waals surface area contributed by atoms with Gasteiger partial charge in [-0.25, -0.2) is 9.59 Å². The van der Waals surface area contributed by atoms with Gasteiger partial charge in [0, 0.05) is 18.3 Å². The zero-order chi connectivity index (χ0) is 30.2. The first-order chi connectivity index (χ1) is 20.2. The second-order valence-electron chi connectivity index (χ2n) is 9.69. The van der Waals surface area contributed by atoms with E-state index in [2.05, 4.69) is 10.1 Å². The zero-order valence-corrected chi connectivity index (χ0v) is 23.6. The summed E-state index contributed by atoms with van der Waals surface area (Å²) in [6, 6.07) is 17.5. The third-order valence-electron chi connectivity index (χ3n) is 6.97. The van der Waals surface area contributed by atoms with E-state index in [1.807, 2.05) is 25.1 Å². The van der Waals surface area contributed by atoms with E-state index in [9.17, 15) is 24.5 Å². The number of methoxy groups -OCH3 is 1. The highest BCUT2D eigenvalue weighted by Crippen LogP contribution is 2.30. The second-order valence-corrected chi connectivity index (χ2v) is 9.69. The Morgan fingerprint density at radius 2 is 1.81 bits per heavy atom. The van der Waals surface area contributed by atoms with Gasteiger partial charge in [-0.1, -0.05) is 30.3 Å². The number of carbonyl (C=O) groups excluding carboxylic acids is 3. The molecule has 1 unspecified atom stereocenters. The number of esters is 1. The number of hydrogen-bond acceptors (Lipinski definition) is 8. The van der Waals surface area contributed by atoms with Crippen LogP contribution in [-0.2, 0) is 20.8 Å². The van der Waals surface area contributed by atoms with Crippen LogP contribution in [0.2, 0.25) is 0 Å². The van der Waals surface area contributed by atoms with Crippen LogP contribution in [0.3, 0.4) is 0 Å². The highest BCUT2D eigenvalue weighted by Gasteiger charge is 2.30. The molecule has 3 aromatic rings. The van der Waals surface area contributed by atoms with Crippen molar-refractivity contribution in [3.8, 4) is 5.75 Å². The first kappa shape index (κ1) is 30.0. The number of nitrogens with one attached hydrogen (secondary N) is 1. The van der Waals surface area contributed by atoms with Gasteiger partial charge in [-0.05, 0) is 61.2 Å². The number of likely N-dealkylation sites (tertiary alicyclic amines) is 1. The molecule has 220 valence electrons. The number of aryl methyl sites for hydroxylation is 1. The molecule has 1 heterocycles. The maximum atomic E-state index is 13.2. The number of urea groups is 1. The molecular weight excluding hydrogens is 544 g/mol. The summed E-state index contributed by atoms with van der Waals surface area (Å²) in [6.07, 6.45) is 1.62. The van der Waals surface area contributed by atoms with Crippen molar-refractivity contribution >= 4 is 35.0 Å². The van der Waals surface area contributed by atoms with Crippen molar-refractivity contribution in [2.75, 3.05) is 37.8 Å². The maximum Gasteiger partial charge on any atom is 0.350 e. The van der Waals surface area contributed by atoms with Gasteiger partial charge in [0.05, 0.1) is 42.9 Å². The fraction of sp³-hybridized carbons (Fsp3) is 0.300. The predicted molar refractivity (Wildman–Crippen MR) is 154 cm³/mol. The van der Waals surface area contributed by atoms with Crippen LogP contribution in [0.4, 0.5) is 21.9 Å². The molecule has 12 heteroatoms. The minimum atomic E-state index is -0.688. The number of rotatable bonds is 10.